The molecule has 1 unspecified atom stereocenters. The van der Waals surface area contributed by atoms with Gasteiger partial charge in [-0.2, -0.15) is 4.98 Å². The van der Waals surface area contributed by atoms with Crippen LogP contribution in [0.5, 0.6) is 0 Å². The molecule has 0 fully saturated rings. The standard InChI is InChI=1S/C18H22N4O3S/c1-11(2)17-21-16(25-22-17)8-5-9-19-15(23)10-14-18(24)20-12-6-3-4-7-13(12)26-14/h3-4,6-7,11,14H,5,8-10H2,1-2H3,(H,19,23)(H,20,24). The number of nitrogens with one attached hydrogen (secondary N) is 2. The minimum absolute atomic E-state index is 0.129. The molecule has 2 amide bonds. The lowest BCUT2D eigenvalue weighted by Crippen LogP contribution is -2.35. The Morgan fingerprint density at radius 1 is 1.38 bits per heavy atom. The summed E-state index contributed by atoms with van der Waals surface area (Å²) in [6, 6.07) is 7.60. The van der Waals surface area contributed by atoms with Crippen molar-refractivity contribution in [3.8, 4) is 0 Å². The van der Waals surface area contributed by atoms with Gasteiger partial charge in [-0.05, 0) is 18.6 Å². The highest BCUT2D eigenvalue weighted by atomic mass is 32.2. The van der Waals surface area contributed by atoms with Crippen LogP contribution in [0.2, 0.25) is 0 Å². The van der Waals surface area contributed by atoms with Crippen molar-refractivity contribution in [2.24, 2.45) is 0 Å². The van der Waals surface area contributed by atoms with Crippen molar-refractivity contribution in [1.82, 2.24) is 15.5 Å². The van der Waals surface area contributed by atoms with Crippen molar-refractivity contribution < 1.29 is 14.1 Å². The minimum atomic E-state index is -0.408. The van der Waals surface area contributed by atoms with Crippen LogP contribution < -0.4 is 10.6 Å². The van der Waals surface area contributed by atoms with Crippen molar-refractivity contribution in [3.63, 3.8) is 0 Å². The molecule has 1 atom stereocenters. The molecule has 2 N–H and O–H groups in total. The average Bonchev–Trinajstić information content (AvgIpc) is 3.09. The van der Waals surface area contributed by atoms with Gasteiger partial charge in [-0.15, -0.1) is 11.8 Å². The van der Waals surface area contributed by atoms with Crippen molar-refractivity contribution in [1.29, 1.82) is 0 Å². The Morgan fingerprint density at radius 3 is 2.96 bits per heavy atom. The zero-order valence-corrected chi connectivity index (χ0v) is 15.6. The second kappa shape index (κ2) is 8.35. The Morgan fingerprint density at radius 2 is 2.19 bits per heavy atom. The lowest BCUT2D eigenvalue weighted by atomic mass is 10.2. The van der Waals surface area contributed by atoms with E-state index in [9.17, 15) is 9.59 Å². The molecule has 8 heteroatoms. The van der Waals surface area contributed by atoms with Gasteiger partial charge in [0.2, 0.25) is 17.7 Å². The number of rotatable bonds is 7. The van der Waals surface area contributed by atoms with E-state index in [0.29, 0.717) is 31.1 Å². The number of hydrogen-bond donors (Lipinski definition) is 2. The number of carbonyl (C=O) groups is 2. The van der Waals surface area contributed by atoms with Crippen LogP contribution in [0.15, 0.2) is 33.7 Å². The smallest absolute Gasteiger partial charge is 0.238 e. The molecule has 138 valence electrons. The molecule has 0 saturated heterocycles. The van der Waals surface area contributed by atoms with Gasteiger partial charge in [-0.1, -0.05) is 31.1 Å². The fraction of sp³-hybridized carbons (Fsp3) is 0.444. The number of hydrogen-bond acceptors (Lipinski definition) is 6. The lowest BCUT2D eigenvalue weighted by Gasteiger charge is -2.23. The van der Waals surface area contributed by atoms with Crippen molar-refractivity contribution >= 4 is 29.3 Å². The third-order valence-electron chi connectivity index (χ3n) is 3.97. The van der Waals surface area contributed by atoms with Gasteiger partial charge in [-0.25, -0.2) is 0 Å². The number of carbonyl (C=O) groups excluding carboxylic acids is 2. The van der Waals surface area contributed by atoms with Crippen molar-refractivity contribution in [2.75, 3.05) is 11.9 Å². The van der Waals surface area contributed by atoms with Crippen LogP contribution in [-0.4, -0.2) is 33.7 Å². The van der Waals surface area contributed by atoms with Gasteiger partial charge in [0.05, 0.1) is 10.9 Å². The highest BCUT2D eigenvalue weighted by molar-refractivity contribution is 8.01. The Balaban J connectivity index is 1.41. The fourth-order valence-corrected chi connectivity index (χ4v) is 3.65. The molecule has 26 heavy (non-hydrogen) atoms. The van der Waals surface area contributed by atoms with E-state index in [4.69, 9.17) is 4.52 Å². The summed E-state index contributed by atoms with van der Waals surface area (Å²) in [6.45, 7) is 4.52. The number of anilines is 1. The molecule has 2 aromatic rings. The summed E-state index contributed by atoms with van der Waals surface area (Å²) in [6.07, 6.45) is 1.48. The summed E-state index contributed by atoms with van der Waals surface area (Å²) < 4.78 is 5.17. The largest absolute Gasteiger partial charge is 0.356 e. The van der Waals surface area contributed by atoms with E-state index in [1.54, 1.807) is 0 Å². The molecule has 0 bridgehead atoms. The molecular formula is C18H22N4O3S. The predicted molar refractivity (Wildman–Crippen MR) is 99.1 cm³/mol. The number of fused-ring (bicyclic) bond motifs is 1. The highest BCUT2D eigenvalue weighted by Crippen LogP contribution is 2.36. The van der Waals surface area contributed by atoms with Gasteiger partial charge in [-0.3, -0.25) is 9.59 Å². The van der Waals surface area contributed by atoms with Gasteiger partial charge < -0.3 is 15.2 Å². The van der Waals surface area contributed by atoms with E-state index in [0.717, 1.165) is 10.6 Å². The second-order valence-corrected chi connectivity index (χ2v) is 7.70. The first-order valence-corrected chi connectivity index (χ1v) is 9.56. The number of benzene rings is 1. The normalized spacial score (nSPS) is 16.3. The molecule has 2 heterocycles. The Bertz CT molecular complexity index is 790. The minimum Gasteiger partial charge on any atom is -0.356 e. The van der Waals surface area contributed by atoms with Gasteiger partial charge in [0, 0.05) is 30.2 Å². The van der Waals surface area contributed by atoms with Gasteiger partial charge in [0.25, 0.3) is 0 Å². The van der Waals surface area contributed by atoms with E-state index in [-0.39, 0.29) is 24.2 Å². The maximum atomic E-state index is 12.1. The molecule has 0 saturated carbocycles. The van der Waals surface area contributed by atoms with Crippen LogP contribution in [0.3, 0.4) is 0 Å². The van der Waals surface area contributed by atoms with Crippen LogP contribution in [0.25, 0.3) is 0 Å². The molecule has 1 aliphatic rings. The maximum absolute atomic E-state index is 12.1. The second-order valence-electron chi connectivity index (χ2n) is 6.45. The van der Waals surface area contributed by atoms with Crippen LogP contribution in [0.1, 0.15) is 44.3 Å². The van der Waals surface area contributed by atoms with Gasteiger partial charge in [0.1, 0.15) is 0 Å². The third-order valence-corrected chi connectivity index (χ3v) is 5.24. The predicted octanol–water partition coefficient (Wildman–Crippen LogP) is 2.74. The quantitative estimate of drug-likeness (QED) is 0.723. The molecule has 1 aromatic carbocycles. The lowest BCUT2D eigenvalue weighted by molar-refractivity contribution is -0.124. The molecule has 0 radical (unpaired) electrons. The monoisotopic (exact) mass is 374 g/mol. The first-order valence-electron chi connectivity index (χ1n) is 8.68. The molecule has 1 aromatic heterocycles. The summed E-state index contributed by atoms with van der Waals surface area (Å²) in [5.74, 6) is 1.25. The van der Waals surface area contributed by atoms with Crippen LogP contribution in [0, 0.1) is 0 Å². The molecular weight excluding hydrogens is 352 g/mol. The van der Waals surface area contributed by atoms with E-state index >= 15 is 0 Å². The van der Waals surface area contributed by atoms with Crippen LogP contribution >= 0.6 is 11.8 Å². The summed E-state index contributed by atoms with van der Waals surface area (Å²) in [7, 11) is 0. The summed E-state index contributed by atoms with van der Waals surface area (Å²) in [4.78, 5) is 29.5. The number of thioether (sulfide) groups is 1. The van der Waals surface area contributed by atoms with Crippen LogP contribution in [-0.2, 0) is 16.0 Å². The SMILES string of the molecule is CC(C)c1noc(CCCNC(=O)CC2Sc3ccccc3NC2=O)n1. The first-order chi connectivity index (χ1) is 12.5. The summed E-state index contributed by atoms with van der Waals surface area (Å²) in [5.41, 5.74) is 0.805. The Kier molecular flexibility index (Phi) is 5.92. The average molecular weight is 374 g/mol. The fourth-order valence-electron chi connectivity index (χ4n) is 2.54. The zero-order chi connectivity index (χ0) is 18.5. The Labute approximate surface area is 156 Å². The molecule has 3 rings (SSSR count). The van der Waals surface area contributed by atoms with Gasteiger partial charge >= 0.3 is 0 Å². The maximum Gasteiger partial charge on any atom is 0.238 e. The van der Waals surface area contributed by atoms with E-state index in [2.05, 4.69) is 20.8 Å². The van der Waals surface area contributed by atoms with Crippen LogP contribution in [0.4, 0.5) is 5.69 Å². The molecule has 1 aliphatic heterocycles. The number of amides is 2. The molecule has 0 spiro atoms. The van der Waals surface area contributed by atoms with Crippen molar-refractivity contribution in [3.05, 3.63) is 36.0 Å². The topological polar surface area (TPSA) is 97.1 Å². The zero-order valence-electron chi connectivity index (χ0n) is 14.8. The number of aryl methyl sites for hydroxylation is 1. The Hall–Kier alpha value is -2.35. The highest BCUT2D eigenvalue weighted by Gasteiger charge is 2.28. The molecule has 0 aliphatic carbocycles. The number of nitrogens with zero attached hydrogens (tertiary/aromatic N) is 2. The van der Waals surface area contributed by atoms with E-state index in [1.165, 1.54) is 11.8 Å². The summed E-state index contributed by atoms with van der Waals surface area (Å²) >= 11 is 1.43. The van der Waals surface area contributed by atoms with Crippen molar-refractivity contribution in [2.45, 2.75) is 49.2 Å². The first kappa shape index (κ1) is 18.4. The van der Waals surface area contributed by atoms with E-state index in [1.807, 2.05) is 38.1 Å². The number of para-hydroxylation sites is 1. The van der Waals surface area contributed by atoms with Gasteiger partial charge in [0.15, 0.2) is 5.82 Å². The summed E-state index contributed by atoms with van der Waals surface area (Å²) in [5, 5.41) is 9.21. The number of aromatic nitrogens is 2. The third kappa shape index (κ3) is 4.63. The van der Waals surface area contributed by atoms with E-state index < -0.39 is 5.25 Å². The molecule has 7 nitrogen and oxygen atoms in total.